The highest BCUT2D eigenvalue weighted by Crippen LogP contribution is 2.16. The normalized spacial score (nSPS) is 32.3. The number of rotatable bonds is 3. The molecule has 0 aliphatic carbocycles. The van der Waals surface area contributed by atoms with Crippen LogP contribution in [0, 0.1) is 5.92 Å². The maximum absolute atomic E-state index is 11.9. The molecule has 0 radical (unpaired) electrons. The van der Waals surface area contributed by atoms with Gasteiger partial charge in [-0.05, 0) is 13.3 Å². The fourth-order valence-corrected chi connectivity index (χ4v) is 3.06. The first-order chi connectivity index (χ1) is 7.77. The Kier molecular flexibility index (Phi) is 4.49. The molecule has 2 fully saturated rings. The lowest BCUT2D eigenvalue weighted by Gasteiger charge is -2.26. The Balaban J connectivity index is 1.76. The third kappa shape index (κ3) is 3.12. The second-order valence-electron chi connectivity index (χ2n) is 4.50. The highest BCUT2D eigenvalue weighted by atomic mass is 32.2. The van der Waals surface area contributed by atoms with Crippen molar-refractivity contribution in [2.75, 3.05) is 31.3 Å². The average Bonchev–Trinajstić information content (AvgIpc) is 2.83. The molecule has 2 aliphatic heterocycles. The maximum atomic E-state index is 11.9. The molecule has 0 aromatic rings. The van der Waals surface area contributed by atoms with E-state index in [9.17, 15) is 4.79 Å². The summed E-state index contributed by atoms with van der Waals surface area (Å²) in [7, 11) is 0. The van der Waals surface area contributed by atoms with E-state index in [4.69, 9.17) is 4.74 Å². The molecule has 0 saturated carbocycles. The van der Waals surface area contributed by atoms with Crippen LogP contribution >= 0.6 is 11.8 Å². The molecule has 2 N–H and O–H groups in total. The van der Waals surface area contributed by atoms with E-state index in [0.29, 0.717) is 5.92 Å². The molecule has 16 heavy (non-hydrogen) atoms. The van der Waals surface area contributed by atoms with Crippen molar-refractivity contribution in [3.8, 4) is 0 Å². The number of carbonyl (C=O) groups excluding carboxylic acids is 1. The van der Waals surface area contributed by atoms with Gasteiger partial charge in [-0.1, -0.05) is 0 Å². The van der Waals surface area contributed by atoms with E-state index in [1.807, 2.05) is 11.8 Å². The average molecular weight is 244 g/mol. The first-order valence-corrected chi connectivity index (χ1v) is 7.12. The molecule has 3 unspecified atom stereocenters. The number of amides is 1. The van der Waals surface area contributed by atoms with Crippen LogP contribution in [0.4, 0.5) is 0 Å². The Morgan fingerprint density at radius 1 is 1.62 bits per heavy atom. The summed E-state index contributed by atoms with van der Waals surface area (Å²) in [4.78, 5) is 11.9. The molecule has 2 saturated heterocycles. The Morgan fingerprint density at radius 2 is 2.50 bits per heavy atom. The van der Waals surface area contributed by atoms with Gasteiger partial charge >= 0.3 is 0 Å². The van der Waals surface area contributed by atoms with Gasteiger partial charge in [0.2, 0.25) is 5.91 Å². The number of nitrogens with one attached hydrogen (secondary N) is 2. The summed E-state index contributed by atoms with van der Waals surface area (Å²) in [5.74, 6) is 2.63. The van der Waals surface area contributed by atoms with E-state index in [0.717, 1.165) is 37.7 Å². The molecular weight excluding hydrogens is 224 g/mol. The first-order valence-electron chi connectivity index (χ1n) is 5.96. The molecule has 2 rings (SSSR count). The standard InChI is InChI=1S/C11H20N2O2S/c1-8(9-2-4-15-6-9)13-11(14)10-7-16-5-3-12-10/h8-10,12H,2-7H2,1H3,(H,13,14). The summed E-state index contributed by atoms with van der Waals surface area (Å²) in [5, 5.41) is 6.35. The van der Waals surface area contributed by atoms with Crippen LogP contribution in [0.15, 0.2) is 0 Å². The number of hydrogen-bond donors (Lipinski definition) is 2. The van der Waals surface area contributed by atoms with Crippen molar-refractivity contribution in [1.29, 1.82) is 0 Å². The zero-order valence-electron chi connectivity index (χ0n) is 9.70. The van der Waals surface area contributed by atoms with E-state index in [1.165, 1.54) is 0 Å². The number of thioether (sulfide) groups is 1. The second kappa shape index (κ2) is 5.89. The molecule has 0 aromatic carbocycles. The molecule has 0 spiro atoms. The van der Waals surface area contributed by atoms with Gasteiger partial charge in [0.15, 0.2) is 0 Å². The van der Waals surface area contributed by atoms with Crippen molar-refractivity contribution >= 4 is 17.7 Å². The van der Waals surface area contributed by atoms with Gasteiger partial charge < -0.3 is 15.4 Å². The summed E-state index contributed by atoms with van der Waals surface area (Å²) in [6, 6.07) is 0.215. The van der Waals surface area contributed by atoms with Crippen molar-refractivity contribution in [3.05, 3.63) is 0 Å². The van der Waals surface area contributed by atoms with Crippen molar-refractivity contribution in [2.45, 2.75) is 25.4 Å². The van der Waals surface area contributed by atoms with Crippen LogP contribution in [0.3, 0.4) is 0 Å². The van der Waals surface area contributed by atoms with E-state index >= 15 is 0 Å². The summed E-state index contributed by atoms with van der Waals surface area (Å²) in [5.41, 5.74) is 0. The van der Waals surface area contributed by atoms with E-state index < -0.39 is 0 Å². The lowest BCUT2D eigenvalue weighted by Crippen LogP contribution is -2.52. The lowest BCUT2D eigenvalue weighted by molar-refractivity contribution is -0.123. The minimum Gasteiger partial charge on any atom is -0.381 e. The fourth-order valence-electron chi connectivity index (χ4n) is 2.12. The zero-order chi connectivity index (χ0) is 11.4. The van der Waals surface area contributed by atoms with Gasteiger partial charge in [-0.3, -0.25) is 4.79 Å². The number of hydrogen-bond acceptors (Lipinski definition) is 4. The van der Waals surface area contributed by atoms with Crippen molar-refractivity contribution in [2.24, 2.45) is 5.92 Å². The molecule has 2 heterocycles. The molecule has 2 aliphatic rings. The highest BCUT2D eigenvalue weighted by Gasteiger charge is 2.27. The molecule has 0 bridgehead atoms. The van der Waals surface area contributed by atoms with Crippen LogP contribution < -0.4 is 10.6 Å². The van der Waals surface area contributed by atoms with Crippen molar-refractivity contribution in [1.82, 2.24) is 10.6 Å². The van der Waals surface area contributed by atoms with Gasteiger partial charge in [-0.15, -0.1) is 0 Å². The predicted octanol–water partition coefficient (Wildman–Crippen LogP) is 0.233. The third-order valence-corrected chi connectivity index (χ3v) is 4.34. The molecule has 5 heteroatoms. The third-order valence-electron chi connectivity index (χ3n) is 3.28. The Morgan fingerprint density at radius 3 is 3.12 bits per heavy atom. The summed E-state index contributed by atoms with van der Waals surface area (Å²) < 4.78 is 5.33. The van der Waals surface area contributed by atoms with Crippen LogP contribution in [0.2, 0.25) is 0 Å². The molecule has 4 nitrogen and oxygen atoms in total. The van der Waals surface area contributed by atoms with Crippen molar-refractivity contribution < 1.29 is 9.53 Å². The summed E-state index contributed by atoms with van der Waals surface area (Å²) >= 11 is 1.84. The smallest absolute Gasteiger partial charge is 0.238 e. The van der Waals surface area contributed by atoms with Crippen LogP contribution in [-0.2, 0) is 9.53 Å². The zero-order valence-corrected chi connectivity index (χ0v) is 10.5. The van der Waals surface area contributed by atoms with Gasteiger partial charge in [-0.25, -0.2) is 0 Å². The largest absolute Gasteiger partial charge is 0.381 e. The summed E-state index contributed by atoms with van der Waals surface area (Å²) in [6.45, 7) is 4.63. The maximum Gasteiger partial charge on any atom is 0.238 e. The van der Waals surface area contributed by atoms with Crippen molar-refractivity contribution in [3.63, 3.8) is 0 Å². The van der Waals surface area contributed by atoms with Gasteiger partial charge in [-0.2, -0.15) is 11.8 Å². The molecule has 1 amide bonds. The lowest BCUT2D eigenvalue weighted by atomic mass is 10.0. The topological polar surface area (TPSA) is 50.4 Å². The second-order valence-corrected chi connectivity index (χ2v) is 5.65. The minimum absolute atomic E-state index is 0.0106. The SMILES string of the molecule is CC(NC(=O)C1CSCCN1)C1CCOC1. The molecular formula is C11H20N2O2S. The van der Waals surface area contributed by atoms with E-state index in [-0.39, 0.29) is 18.0 Å². The quantitative estimate of drug-likeness (QED) is 0.746. The van der Waals surface area contributed by atoms with Crippen LogP contribution in [0.25, 0.3) is 0 Å². The van der Waals surface area contributed by atoms with Gasteiger partial charge in [0.25, 0.3) is 0 Å². The van der Waals surface area contributed by atoms with Crippen LogP contribution in [0.5, 0.6) is 0 Å². The molecule has 3 atom stereocenters. The Labute approximate surface area is 101 Å². The first kappa shape index (κ1) is 12.2. The van der Waals surface area contributed by atoms with E-state index in [2.05, 4.69) is 17.6 Å². The number of carbonyl (C=O) groups is 1. The summed E-state index contributed by atoms with van der Waals surface area (Å²) in [6.07, 6.45) is 1.06. The van der Waals surface area contributed by atoms with Crippen LogP contribution in [0.1, 0.15) is 13.3 Å². The molecule has 0 aromatic heterocycles. The fraction of sp³-hybridized carbons (Fsp3) is 0.909. The monoisotopic (exact) mass is 244 g/mol. The van der Waals surface area contributed by atoms with E-state index in [1.54, 1.807) is 0 Å². The highest BCUT2D eigenvalue weighted by molar-refractivity contribution is 7.99. The minimum atomic E-state index is -0.0106. The predicted molar refractivity (Wildman–Crippen MR) is 65.6 cm³/mol. The Bertz CT molecular complexity index is 238. The van der Waals surface area contributed by atoms with Gasteiger partial charge in [0.1, 0.15) is 0 Å². The van der Waals surface area contributed by atoms with Gasteiger partial charge in [0, 0.05) is 36.6 Å². The van der Waals surface area contributed by atoms with Gasteiger partial charge in [0.05, 0.1) is 12.6 Å². The number of ether oxygens (including phenoxy) is 1. The Hall–Kier alpha value is -0.260. The molecule has 92 valence electrons. The van der Waals surface area contributed by atoms with Crippen LogP contribution in [-0.4, -0.2) is 49.3 Å².